The lowest BCUT2D eigenvalue weighted by Crippen LogP contribution is -2.37. The lowest BCUT2D eigenvalue weighted by atomic mass is 10.0. The molecule has 0 aliphatic carbocycles. The fourth-order valence-electron chi connectivity index (χ4n) is 4.48. The molecule has 186 valence electrons. The molecule has 0 spiro atoms. The molecule has 1 N–H and O–H groups in total. The number of H-pyrrole nitrogens is 1. The Hall–Kier alpha value is -3.56. The molecule has 0 aliphatic heterocycles. The average Bonchev–Trinajstić information content (AvgIpc) is 3.62. The molecule has 0 amide bonds. The van der Waals surface area contributed by atoms with Crippen LogP contribution in [0.5, 0.6) is 0 Å². The lowest BCUT2D eigenvalue weighted by molar-refractivity contribution is 0.173. The van der Waals surface area contributed by atoms with E-state index in [4.69, 9.17) is 4.42 Å². The standard InChI is InChI=1S/C27H30N6O2S/c1-5-18-10-11-23-19(14-18)15-22(26(34)28-23)24(25-29-30-31-33(25)27(2,3)4)32(16-20-8-6-12-35-20)17-21-9-7-13-36-21/h6-15,24H,5,16-17H2,1-4H3,(H,28,34). The van der Waals surface area contributed by atoms with Gasteiger partial charge in [-0.2, -0.15) is 0 Å². The smallest absolute Gasteiger partial charge is 0.253 e. The number of hydrogen-bond acceptors (Lipinski definition) is 7. The van der Waals surface area contributed by atoms with Gasteiger partial charge in [0.1, 0.15) is 11.8 Å². The summed E-state index contributed by atoms with van der Waals surface area (Å²) in [5.41, 5.74) is 2.08. The summed E-state index contributed by atoms with van der Waals surface area (Å²) in [6, 6.07) is 15.6. The third-order valence-electron chi connectivity index (χ3n) is 6.26. The van der Waals surface area contributed by atoms with Gasteiger partial charge in [-0.05, 0) is 90.3 Å². The number of thiophene rings is 1. The van der Waals surface area contributed by atoms with Crippen molar-refractivity contribution >= 4 is 22.2 Å². The summed E-state index contributed by atoms with van der Waals surface area (Å²) in [6.07, 6.45) is 2.58. The van der Waals surface area contributed by atoms with Crippen LogP contribution in [0.3, 0.4) is 0 Å². The van der Waals surface area contributed by atoms with Crippen LogP contribution in [0.4, 0.5) is 0 Å². The molecule has 5 aromatic rings. The highest BCUT2D eigenvalue weighted by Crippen LogP contribution is 2.32. The minimum Gasteiger partial charge on any atom is -0.468 e. The minimum absolute atomic E-state index is 0.157. The van der Waals surface area contributed by atoms with Gasteiger partial charge >= 0.3 is 0 Å². The van der Waals surface area contributed by atoms with Gasteiger partial charge in [-0.3, -0.25) is 9.69 Å². The van der Waals surface area contributed by atoms with Gasteiger partial charge in [0.15, 0.2) is 5.82 Å². The van der Waals surface area contributed by atoms with E-state index in [1.165, 1.54) is 10.4 Å². The molecule has 4 heterocycles. The number of aromatic nitrogens is 5. The van der Waals surface area contributed by atoms with E-state index in [9.17, 15) is 4.79 Å². The van der Waals surface area contributed by atoms with Crippen molar-refractivity contribution in [3.63, 3.8) is 0 Å². The molecule has 5 rings (SSSR count). The summed E-state index contributed by atoms with van der Waals surface area (Å²) in [5.74, 6) is 1.42. The van der Waals surface area contributed by atoms with Crippen molar-refractivity contribution < 1.29 is 4.42 Å². The molecule has 1 unspecified atom stereocenters. The highest BCUT2D eigenvalue weighted by atomic mass is 32.1. The minimum atomic E-state index is -0.509. The summed E-state index contributed by atoms with van der Waals surface area (Å²) < 4.78 is 7.55. The number of tetrazole rings is 1. The molecular formula is C27H30N6O2S. The van der Waals surface area contributed by atoms with Gasteiger partial charge in [0.25, 0.3) is 5.56 Å². The van der Waals surface area contributed by atoms with Crippen LogP contribution in [0, 0.1) is 0 Å². The Balaban J connectivity index is 1.73. The predicted molar refractivity (Wildman–Crippen MR) is 141 cm³/mol. The Bertz CT molecular complexity index is 1460. The SMILES string of the molecule is CCc1ccc2[nH]c(=O)c(C(c3nnnn3C(C)(C)C)N(Cc3ccco3)Cc3cccs3)cc2c1. The van der Waals surface area contributed by atoms with Gasteiger partial charge in [-0.25, -0.2) is 4.68 Å². The number of pyridine rings is 1. The van der Waals surface area contributed by atoms with E-state index in [0.29, 0.717) is 24.5 Å². The Morgan fingerprint density at radius 1 is 1.14 bits per heavy atom. The maximum absolute atomic E-state index is 13.6. The molecule has 0 saturated carbocycles. The van der Waals surface area contributed by atoms with E-state index >= 15 is 0 Å². The van der Waals surface area contributed by atoms with Crippen LogP contribution < -0.4 is 5.56 Å². The summed E-state index contributed by atoms with van der Waals surface area (Å²) >= 11 is 1.68. The summed E-state index contributed by atoms with van der Waals surface area (Å²) in [5, 5.41) is 15.9. The van der Waals surface area contributed by atoms with Crippen LogP contribution in [-0.4, -0.2) is 30.1 Å². The first-order chi connectivity index (χ1) is 17.3. The van der Waals surface area contributed by atoms with Crippen molar-refractivity contribution in [2.45, 2.75) is 58.8 Å². The van der Waals surface area contributed by atoms with Crippen molar-refractivity contribution in [1.82, 2.24) is 30.1 Å². The number of furan rings is 1. The summed E-state index contributed by atoms with van der Waals surface area (Å²) in [4.78, 5) is 20.1. The van der Waals surface area contributed by atoms with Crippen LogP contribution in [0.15, 0.2) is 69.4 Å². The largest absolute Gasteiger partial charge is 0.468 e. The number of benzene rings is 1. The topological polar surface area (TPSA) is 92.8 Å². The number of aromatic amines is 1. The first-order valence-electron chi connectivity index (χ1n) is 12.1. The highest BCUT2D eigenvalue weighted by Gasteiger charge is 2.34. The molecule has 0 aliphatic rings. The van der Waals surface area contributed by atoms with Crippen molar-refractivity contribution in [1.29, 1.82) is 0 Å². The van der Waals surface area contributed by atoms with Gasteiger partial charge in [0, 0.05) is 22.5 Å². The number of nitrogens with zero attached hydrogens (tertiary/aromatic N) is 5. The lowest BCUT2D eigenvalue weighted by Gasteiger charge is -2.32. The Labute approximate surface area is 213 Å². The van der Waals surface area contributed by atoms with E-state index in [2.05, 4.69) is 76.7 Å². The first kappa shape index (κ1) is 24.1. The maximum atomic E-state index is 13.6. The number of hydrogen-bond donors (Lipinski definition) is 1. The molecule has 0 bridgehead atoms. The second-order valence-electron chi connectivity index (χ2n) is 9.91. The zero-order chi connectivity index (χ0) is 25.3. The fourth-order valence-corrected chi connectivity index (χ4v) is 5.21. The molecule has 1 aromatic carbocycles. The number of nitrogens with one attached hydrogen (secondary N) is 1. The van der Waals surface area contributed by atoms with Crippen molar-refractivity contribution in [3.8, 4) is 0 Å². The molecule has 8 nitrogen and oxygen atoms in total. The number of rotatable bonds is 8. The summed E-state index contributed by atoms with van der Waals surface area (Å²) in [7, 11) is 0. The van der Waals surface area contributed by atoms with Crippen LogP contribution in [0.1, 0.15) is 61.3 Å². The first-order valence-corrected chi connectivity index (χ1v) is 12.9. The highest BCUT2D eigenvalue weighted by molar-refractivity contribution is 7.09. The fraction of sp³-hybridized carbons (Fsp3) is 0.333. The molecule has 1 atom stereocenters. The summed E-state index contributed by atoms with van der Waals surface area (Å²) in [6.45, 7) is 9.38. The molecule has 0 saturated heterocycles. The van der Waals surface area contributed by atoms with Crippen LogP contribution >= 0.6 is 11.3 Å². The van der Waals surface area contributed by atoms with Gasteiger partial charge in [0.2, 0.25) is 0 Å². The zero-order valence-corrected chi connectivity index (χ0v) is 21.7. The second kappa shape index (κ2) is 9.83. The Morgan fingerprint density at radius 2 is 2.00 bits per heavy atom. The monoisotopic (exact) mass is 502 g/mol. The van der Waals surface area contributed by atoms with E-state index in [1.54, 1.807) is 17.6 Å². The van der Waals surface area contributed by atoms with Crippen LogP contribution in [0.2, 0.25) is 0 Å². The van der Waals surface area contributed by atoms with E-state index in [0.717, 1.165) is 23.1 Å². The average molecular weight is 503 g/mol. The van der Waals surface area contributed by atoms with Gasteiger partial charge in [-0.15, -0.1) is 16.4 Å². The molecular weight excluding hydrogens is 472 g/mol. The molecule has 36 heavy (non-hydrogen) atoms. The Kier molecular flexibility index (Phi) is 6.59. The third kappa shape index (κ3) is 4.89. The maximum Gasteiger partial charge on any atom is 0.253 e. The normalized spacial score (nSPS) is 13.0. The Morgan fingerprint density at radius 3 is 2.69 bits per heavy atom. The van der Waals surface area contributed by atoms with Crippen molar-refractivity contribution in [3.05, 3.63) is 98.1 Å². The van der Waals surface area contributed by atoms with E-state index < -0.39 is 6.04 Å². The van der Waals surface area contributed by atoms with Gasteiger partial charge in [-0.1, -0.05) is 19.1 Å². The number of aryl methyl sites for hydroxylation is 1. The van der Waals surface area contributed by atoms with E-state index in [-0.39, 0.29) is 11.1 Å². The predicted octanol–water partition coefficient (Wildman–Crippen LogP) is 5.28. The van der Waals surface area contributed by atoms with Crippen molar-refractivity contribution in [2.75, 3.05) is 0 Å². The van der Waals surface area contributed by atoms with Gasteiger partial charge < -0.3 is 9.40 Å². The zero-order valence-electron chi connectivity index (χ0n) is 20.9. The molecule has 4 aromatic heterocycles. The molecule has 9 heteroatoms. The van der Waals surface area contributed by atoms with Crippen molar-refractivity contribution in [2.24, 2.45) is 0 Å². The van der Waals surface area contributed by atoms with Crippen LogP contribution in [0.25, 0.3) is 10.9 Å². The third-order valence-corrected chi connectivity index (χ3v) is 7.12. The second-order valence-corrected chi connectivity index (χ2v) is 10.9. The molecule has 0 radical (unpaired) electrons. The molecule has 0 fully saturated rings. The number of fused-ring (bicyclic) bond motifs is 1. The van der Waals surface area contributed by atoms with E-state index in [1.807, 2.05) is 35.0 Å². The van der Waals surface area contributed by atoms with Gasteiger partial charge in [0.05, 0.1) is 18.3 Å². The van der Waals surface area contributed by atoms with Crippen LogP contribution in [-0.2, 0) is 25.0 Å². The quantitative estimate of drug-likeness (QED) is 0.310.